The van der Waals surface area contributed by atoms with Crippen molar-refractivity contribution in [2.75, 3.05) is 0 Å². The van der Waals surface area contributed by atoms with Gasteiger partial charge in [-0.15, -0.1) is 0 Å². The van der Waals surface area contributed by atoms with Crippen LogP contribution in [-0.2, 0) is 6.18 Å². The van der Waals surface area contributed by atoms with Crippen LogP contribution in [0.4, 0.5) is 74.6 Å². The molecule has 0 saturated heterocycles. The smallest absolute Gasteiger partial charge is 0.206 e. The van der Waals surface area contributed by atoms with Crippen molar-refractivity contribution in [1.82, 2.24) is 0 Å². The summed E-state index contributed by atoms with van der Waals surface area (Å²) in [5, 5.41) is -7.51. The number of hydrogen-bond acceptors (Lipinski definition) is 0. The van der Waals surface area contributed by atoms with Crippen LogP contribution in [0.3, 0.4) is 0 Å². The van der Waals surface area contributed by atoms with Crippen molar-refractivity contribution in [2.45, 2.75) is 6.18 Å². The minimum absolute atomic E-state index is 0.265. The van der Waals surface area contributed by atoms with Gasteiger partial charge >= 0.3 is 6.18 Å². The zero-order chi connectivity index (χ0) is 32.9. The molecule has 5 rings (SSSR count). The van der Waals surface area contributed by atoms with Gasteiger partial charge in [-0.25, -0.2) is 61.5 Å². The topological polar surface area (TPSA) is 0 Å². The van der Waals surface area contributed by atoms with E-state index in [9.17, 15) is 52.7 Å². The van der Waals surface area contributed by atoms with Crippen LogP contribution >= 0.6 is 0 Å². The lowest BCUT2D eigenvalue weighted by molar-refractivity contribution is -0.143. The van der Waals surface area contributed by atoms with E-state index >= 15 is 22.0 Å². The van der Waals surface area contributed by atoms with E-state index in [1.807, 2.05) is 0 Å². The molecule has 0 N–H and O–H groups in total. The molecule has 0 heterocycles. The molecule has 0 aliphatic rings. The van der Waals surface area contributed by atoms with Gasteiger partial charge in [0, 0.05) is 27.3 Å². The van der Waals surface area contributed by atoms with Crippen molar-refractivity contribution in [1.29, 1.82) is 0 Å². The van der Waals surface area contributed by atoms with E-state index in [2.05, 4.69) is 0 Å². The Labute approximate surface area is 230 Å². The number of fused-ring (bicyclic) bond motifs is 2. The maximum atomic E-state index is 15.4. The van der Waals surface area contributed by atoms with Crippen molar-refractivity contribution in [3.05, 3.63) is 105 Å². The van der Waals surface area contributed by atoms with Crippen LogP contribution in [0.2, 0.25) is 0 Å². The summed E-state index contributed by atoms with van der Waals surface area (Å²) < 4.78 is 246. The normalized spacial score (nSPS) is 12.2. The van der Waals surface area contributed by atoms with Gasteiger partial charge in [0.25, 0.3) is 0 Å². The third-order valence-electron chi connectivity index (χ3n) is 6.56. The van der Waals surface area contributed by atoms with Gasteiger partial charge in [-0.2, -0.15) is 13.2 Å². The molecule has 230 valence electrons. The molecule has 0 fully saturated rings. The van der Waals surface area contributed by atoms with E-state index in [-0.39, 0.29) is 6.07 Å². The predicted molar refractivity (Wildman–Crippen MR) is 117 cm³/mol. The summed E-state index contributed by atoms with van der Waals surface area (Å²) in [6, 6.07) is 1.16. The van der Waals surface area contributed by atoms with E-state index in [4.69, 9.17) is 0 Å². The molecule has 0 aliphatic carbocycles. The van der Waals surface area contributed by atoms with E-state index < -0.39 is 137 Å². The lowest BCUT2D eigenvalue weighted by atomic mass is 9.84. The van der Waals surface area contributed by atoms with E-state index in [1.165, 1.54) is 0 Å². The first-order chi connectivity index (χ1) is 20.4. The van der Waals surface area contributed by atoms with Crippen molar-refractivity contribution in [2.24, 2.45) is 0 Å². The summed E-state index contributed by atoms with van der Waals surface area (Å²) in [7, 11) is 0. The largest absolute Gasteiger partial charge is 0.422 e. The Kier molecular flexibility index (Phi) is 7.01. The second-order valence-corrected chi connectivity index (χ2v) is 8.87. The Bertz CT molecular complexity index is 2030. The zero-order valence-corrected chi connectivity index (χ0v) is 20.2. The first-order valence-electron chi connectivity index (χ1n) is 11.2. The van der Waals surface area contributed by atoms with Crippen LogP contribution in [0.1, 0.15) is 5.56 Å². The highest BCUT2D eigenvalue weighted by Crippen LogP contribution is 2.51. The Morgan fingerprint density at radius 3 is 1.16 bits per heavy atom. The summed E-state index contributed by atoms with van der Waals surface area (Å²) in [5.74, 6) is -40.1. The number of benzene rings is 5. The van der Waals surface area contributed by atoms with Gasteiger partial charge in [0.05, 0.1) is 11.1 Å². The third kappa shape index (κ3) is 4.00. The fraction of sp³-hybridized carbons (Fsp3) is 0.0370. The second-order valence-electron chi connectivity index (χ2n) is 8.87. The number of alkyl halides is 3. The molecule has 0 amide bonds. The van der Waals surface area contributed by atoms with Crippen LogP contribution in [0.5, 0.6) is 0 Å². The quantitative estimate of drug-likeness (QED) is 0.0773. The average molecular weight is 650 g/mol. The Morgan fingerprint density at radius 1 is 0.341 bits per heavy atom. The molecule has 0 nitrogen and oxygen atoms in total. The molecule has 0 unspecified atom stereocenters. The number of halogens is 17. The molecule has 0 saturated carbocycles. The van der Waals surface area contributed by atoms with Crippen LogP contribution in [0, 0.1) is 81.4 Å². The molecular weight excluding hydrogens is 647 g/mol. The maximum absolute atomic E-state index is 15.4. The van der Waals surface area contributed by atoms with Crippen molar-refractivity contribution >= 4 is 21.5 Å². The Morgan fingerprint density at radius 2 is 0.705 bits per heavy atom. The maximum Gasteiger partial charge on any atom is 0.422 e. The van der Waals surface area contributed by atoms with Gasteiger partial charge < -0.3 is 0 Å². The SMILES string of the molecule is Fc1c(F)c(F)c(-c2c3cccc(F)c3c(-c3c(F)c(F)c(C(F)(F)F)c(F)c3F)c3c(F)c(F)c(F)c(F)c23)c(F)c1F. The summed E-state index contributed by atoms with van der Waals surface area (Å²) in [4.78, 5) is 0. The lowest BCUT2D eigenvalue weighted by Gasteiger charge is -2.22. The molecular formula is C27H3F17. The fourth-order valence-electron chi connectivity index (χ4n) is 4.78. The summed E-state index contributed by atoms with van der Waals surface area (Å²) in [6.45, 7) is 0. The lowest BCUT2D eigenvalue weighted by Crippen LogP contribution is -2.16. The molecule has 0 aromatic heterocycles. The van der Waals surface area contributed by atoms with E-state index in [1.54, 1.807) is 0 Å². The predicted octanol–water partition coefficient (Wildman–Crippen LogP) is 10.3. The van der Waals surface area contributed by atoms with E-state index in [0.29, 0.717) is 12.1 Å². The number of hydrogen-bond donors (Lipinski definition) is 0. The van der Waals surface area contributed by atoms with Crippen LogP contribution in [-0.4, -0.2) is 0 Å². The van der Waals surface area contributed by atoms with Gasteiger partial charge in [0.15, 0.2) is 69.8 Å². The molecule has 0 radical (unpaired) electrons. The highest BCUT2D eigenvalue weighted by Gasteiger charge is 2.44. The molecule has 5 aromatic carbocycles. The van der Waals surface area contributed by atoms with Crippen molar-refractivity contribution < 1.29 is 74.6 Å². The zero-order valence-electron chi connectivity index (χ0n) is 20.2. The second kappa shape index (κ2) is 9.99. The average Bonchev–Trinajstić information content (AvgIpc) is 2.95. The van der Waals surface area contributed by atoms with Gasteiger partial charge in [-0.3, -0.25) is 0 Å². The molecule has 44 heavy (non-hydrogen) atoms. The minimum atomic E-state index is -6.15. The van der Waals surface area contributed by atoms with Gasteiger partial charge in [-0.05, 0) is 11.5 Å². The summed E-state index contributed by atoms with van der Waals surface area (Å²) >= 11 is 0. The van der Waals surface area contributed by atoms with Crippen LogP contribution < -0.4 is 0 Å². The van der Waals surface area contributed by atoms with Crippen molar-refractivity contribution in [3.8, 4) is 22.3 Å². The number of rotatable bonds is 2. The first kappa shape index (κ1) is 30.9. The summed E-state index contributed by atoms with van der Waals surface area (Å²) in [5.41, 5.74) is -11.9. The first-order valence-corrected chi connectivity index (χ1v) is 11.2. The Hall–Kier alpha value is -4.57. The standard InChI is InChI=1S/C27H3F17/c28-5-3-1-2-4-6(5)8(12-16(31)20(35)13(27(42,43)44)21(36)17(12)32)10-9(14(29)22(37)23(38)15(10)30)7(4)11-18(33)24(39)26(41)25(40)19(11)34/h1-3H. The molecule has 0 bridgehead atoms. The van der Waals surface area contributed by atoms with Gasteiger partial charge in [0.1, 0.15) is 11.4 Å². The van der Waals surface area contributed by atoms with Crippen LogP contribution in [0.25, 0.3) is 43.8 Å². The monoisotopic (exact) mass is 650 g/mol. The molecule has 0 aliphatic heterocycles. The van der Waals surface area contributed by atoms with E-state index in [0.717, 1.165) is 0 Å². The van der Waals surface area contributed by atoms with Gasteiger partial charge in [-0.1, -0.05) is 12.1 Å². The molecule has 17 heteroatoms. The molecule has 5 aromatic rings. The summed E-state index contributed by atoms with van der Waals surface area (Å²) in [6.07, 6.45) is -6.15. The van der Waals surface area contributed by atoms with Crippen molar-refractivity contribution in [3.63, 3.8) is 0 Å². The van der Waals surface area contributed by atoms with Crippen LogP contribution in [0.15, 0.2) is 18.2 Å². The highest BCUT2D eigenvalue weighted by atomic mass is 19.4. The molecule has 0 atom stereocenters. The Balaban J connectivity index is 2.22. The highest BCUT2D eigenvalue weighted by molar-refractivity contribution is 6.22. The minimum Gasteiger partial charge on any atom is -0.206 e. The molecule has 0 spiro atoms. The fourth-order valence-corrected chi connectivity index (χ4v) is 4.78. The van der Waals surface area contributed by atoms with Gasteiger partial charge in [0.2, 0.25) is 5.82 Å². The third-order valence-corrected chi connectivity index (χ3v) is 6.56.